The van der Waals surface area contributed by atoms with Crippen molar-refractivity contribution < 1.29 is 19.1 Å². The van der Waals surface area contributed by atoms with Gasteiger partial charge in [0, 0.05) is 42.6 Å². The minimum atomic E-state index is -0.250. The Labute approximate surface area is 227 Å². The SMILES string of the molecule is COc1ccc2c(c1)CCN(C1CCN(C3C=C(C(=O)c4cc(C)c5c(c4)CC(=O)N5)NC=N3)CC1)C(=O)N2. The number of carbonyl (C=O) groups excluding carboxylic acids is 3. The Morgan fingerprint density at radius 3 is 2.67 bits per heavy atom. The lowest BCUT2D eigenvalue weighted by molar-refractivity contribution is -0.115. The van der Waals surface area contributed by atoms with Gasteiger partial charge in [0.1, 0.15) is 11.9 Å². The van der Waals surface area contributed by atoms with Gasteiger partial charge >= 0.3 is 6.03 Å². The molecule has 0 radical (unpaired) electrons. The molecule has 0 spiro atoms. The molecule has 6 rings (SSSR count). The van der Waals surface area contributed by atoms with Crippen LogP contribution in [0, 0.1) is 6.92 Å². The van der Waals surface area contributed by atoms with E-state index in [1.807, 2.05) is 42.2 Å². The molecule has 0 aromatic heterocycles. The highest BCUT2D eigenvalue weighted by Gasteiger charge is 2.33. The number of Topliss-reactive ketones (excluding diaryl/α,β-unsaturated/α-hetero) is 1. The van der Waals surface area contributed by atoms with Crippen LogP contribution in [0.2, 0.25) is 0 Å². The Kier molecular flexibility index (Phi) is 6.56. The normalized spacial score (nSPS) is 21.2. The number of nitrogens with one attached hydrogen (secondary N) is 3. The summed E-state index contributed by atoms with van der Waals surface area (Å²) in [6, 6.07) is 9.45. The molecule has 10 heteroatoms. The smallest absolute Gasteiger partial charge is 0.322 e. The molecule has 0 bridgehead atoms. The molecule has 3 N–H and O–H groups in total. The molecule has 2 aromatic rings. The van der Waals surface area contributed by atoms with E-state index >= 15 is 0 Å². The number of ketones is 1. The van der Waals surface area contributed by atoms with Crippen molar-refractivity contribution in [2.45, 2.75) is 44.8 Å². The summed E-state index contributed by atoms with van der Waals surface area (Å²) in [5.74, 6) is 0.617. The number of rotatable bonds is 5. The van der Waals surface area contributed by atoms with Gasteiger partial charge in [-0.2, -0.15) is 0 Å². The van der Waals surface area contributed by atoms with Crippen LogP contribution in [0.1, 0.15) is 39.9 Å². The van der Waals surface area contributed by atoms with E-state index in [1.165, 1.54) is 0 Å². The number of urea groups is 1. The first-order chi connectivity index (χ1) is 18.9. The molecular weight excluding hydrogens is 496 g/mol. The lowest BCUT2D eigenvalue weighted by atomic mass is 9.98. The number of fused-ring (bicyclic) bond motifs is 2. The molecule has 39 heavy (non-hydrogen) atoms. The van der Waals surface area contributed by atoms with Crippen molar-refractivity contribution in [2.75, 3.05) is 37.4 Å². The lowest BCUT2D eigenvalue weighted by Crippen LogP contribution is -2.51. The predicted molar refractivity (Wildman–Crippen MR) is 148 cm³/mol. The second-order valence-electron chi connectivity index (χ2n) is 10.5. The predicted octanol–water partition coefficient (Wildman–Crippen LogP) is 3.08. The van der Waals surface area contributed by atoms with E-state index < -0.39 is 0 Å². The van der Waals surface area contributed by atoms with E-state index in [1.54, 1.807) is 19.5 Å². The van der Waals surface area contributed by atoms with E-state index in [0.717, 1.165) is 66.2 Å². The van der Waals surface area contributed by atoms with Gasteiger partial charge < -0.3 is 25.6 Å². The number of allylic oxidation sites excluding steroid dienone is 1. The number of benzene rings is 2. The number of aryl methyl sites for hydroxylation is 1. The third kappa shape index (κ3) is 4.87. The largest absolute Gasteiger partial charge is 0.497 e. The van der Waals surface area contributed by atoms with Gasteiger partial charge in [0.15, 0.2) is 0 Å². The number of aliphatic imine (C=N–C) groups is 1. The van der Waals surface area contributed by atoms with Gasteiger partial charge in [0.2, 0.25) is 11.7 Å². The molecule has 1 fully saturated rings. The van der Waals surface area contributed by atoms with Crippen molar-refractivity contribution in [2.24, 2.45) is 4.99 Å². The lowest BCUT2D eigenvalue weighted by Gasteiger charge is -2.39. The highest BCUT2D eigenvalue weighted by Crippen LogP contribution is 2.30. The van der Waals surface area contributed by atoms with Crippen LogP contribution in [0.5, 0.6) is 5.75 Å². The van der Waals surface area contributed by atoms with Gasteiger partial charge in [-0.05, 0) is 79.3 Å². The number of piperidine rings is 1. The van der Waals surface area contributed by atoms with Gasteiger partial charge in [0.25, 0.3) is 0 Å². The van der Waals surface area contributed by atoms with Gasteiger partial charge in [-0.1, -0.05) is 0 Å². The fourth-order valence-corrected chi connectivity index (χ4v) is 5.95. The topological polar surface area (TPSA) is 115 Å². The van der Waals surface area contributed by atoms with Crippen molar-refractivity contribution in [3.8, 4) is 5.75 Å². The first-order valence-corrected chi connectivity index (χ1v) is 13.4. The highest BCUT2D eigenvalue weighted by atomic mass is 16.5. The zero-order chi connectivity index (χ0) is 27.1. The van der Waals surface area contributed by atoms with Crippen LogP contribution >= 0.6 is 0 Å². The van der Waals surface area contributed by atoms with E-state index in [9.17, 15) is 14.4 Å². The third-order valence-corrected chi connectivity index (χ3v) is 8.05. The number of hydrogen-bond acceptors (Lipinski definition) is 7. The van der Waals surface area contributed by atoms with E-state index in [-0.39, 0.29) is 36.3 Å². The van der Waals surface area contributed by atoms with Gasteiger partial charge in [-0.15, -0.1) is 0 Å². The quantitative estimate of drug-likeness (QED) is 0.514. The molecule has 0 saturated carbocycles. The van der Waals surface area contributed by atoms with Crippen molar-refractivity contribution in [1.82, 2.24) is 15.1 Å². The summed E-state index contributed by atoms with van der Waals surface area (Å²) < 4.78 is 5.35. The fourth-order valence-electron chi connectivity index (χ4n) is 5.95. The Morgan fingerprint density at radius 1 is 1.05 bits per heavy atom. The van der Waals surface area contributed by atoms with Crippen LogP contribution in [0.25, 0.3) is 0 Å². The van der Waals surface area contributed by atoms with Crippen LogP contribution in [-0.4, -0.2) is 72.8 Å². The number of ether oxygens (including phenoxy) is 1. The maximum absolute atomic E-state index is 13.3. The Hall–Kier alpha value is -4.18. The van der Waals surface area contributed by atoms with Gasteiger partial charge in [-0.3, -0.25) is 19.5 Å². The van der Waals surface area contributed by atoms with Crippen molar-refractivity contribution >= 4 is 35.4 Å². The molecule has 4 aliphatic rings. The molecule has 1 atom stereocenters. The minimum absolute atomic E-state index is 0.0502. The zero-order valence-corrected chi connectivity index (χ0v) is 22.1. The van der Waals surface area contributed by atoms with Crippen molar-refractivity contribution in [3.63, 3.8) is 0 Å². The standard InChI is InChI=1S/C29H32N6O4/c1-17-11-20(12-19-14-26(36)33-27(17)19)28(37)24-15-25(31-16-30-24)34-8-6-21(7-9-34)35-10-5-18-13-22(39-2)3-4-23(18)32-29(35)38/h3-4,11-13,15-16,21,25H,5-10,14H2,1-2H3,(H,30,31)(H,32,38)(H,33,36). The van der Waals surface area contributed by atoms with Gasteiger partial charge in [0.05, 0.1) is 25.6 Å². The molecule has 1 saturated heterocycles. The van der Waals surface area contributed by atoms with Crippen LogP contribution in [-0.2, 0) is 17.6 Å². The number of methoxy groups -OCH3 is 1. The van der Waals surface area contributed by atoms with Crippen LogP contribution in [0.4, 0.5) is 16.2 Å². The Morgan fingerprint density at radius 2 is 1.87 bits per heavy atom. The second kappa shape index (κ2) is 10.2. The highest BCUT2D eigenvalue weighted by molar-refractivity contribution is 6.11. The summed E-state index contributed by atoms with van der Waals surface area (Å²) in [4.78, 5) is 47.0. The average molecular weight is 529 g/mol. The maximum Gasteiger partial charge on any atom is 0.322 e. The monoisotopic (exact) mass is 528 g/mol. The fraction of sp³-hybridized carbons (Fsp3) is 0.379. The first kappa shape index (κ1) is 25.1. The molecule has 0 aliphatic carbocycles. The maximum atomic E-state index is 13.3. The minimum Gasteiger partial charge on any atom is -0.497 e. The summed E-state index contributed by atoms with van der Waals surface area (Å²) in [6.07, 6.45) is 5.92. The summed E-state index contributed by atoms with van der Waals surface area (Å²) >= 11 is 0. The molecule has 1 unspecified atom stereocenters. The van der Waals surface area contributed by atoms with E-state index in [0.29, 0.717) is 17.8 Å². The van der Waals surface area contributed by atoms with Crippen molar-refractivity contribution in [1.29, 1.82) is 0 Å². The molecule has 10 nitrogen and oxygen atoms in total. The first-order valence-electron chi connectivity index (χ1n) is 13.4. The number of carbonyl (C=O) groups is 3. The molecular formula is C29H32N6O4. The molecule has 4 heterocycles. The average Bonchev–Trinajstić information content (AvgIpc) is 3.26. The molecule has 4 aliphatic heterocycles. The summed E-state index contributed by atoms with van der Waals surface area (Å²) in [6.45, 7) is 4.09. The molecule has 2 aromatic carbocycles. The summed E-state index contributed by atoms with van der Waals surface area (Å²) in [5, 5.41) is 8.94. The molecule has 202 valence electrons. The van der Waals surface area contributed by atoms with E-state index in [2.05, 4.69) is 25.8 Å². The number of nitrogens with zero attached hydrogens (tertiary/aromatic N) is 3. The number of hydrogen-bond donors (Lipinski definition) is 3. The third-order valence-electron chi connectivity index (χ3n) is 8.05. The van der Waals surface area contributed by atoms with Crippen molar-refractivity contribution in [3.05, 3.63) is 64.4 Å². The summed E-state index contributed by atoms with van der Waals surface area (Å²) in [7, 11) is 1.65. The number of anilines is 2. The number of amides is 3. The summed E-state index contributed by atoms with van der Waals surface area (Å²) in [5.41, 5.74) is 5.50. The van der Waals surface area contributed by atoms with E-state index in [4.69, 9.17) is 4.74 Å². The molecule has 3 amide bonds. The van der Waals surface area contributed by atoms with Gasteiger partial charge in [-0.25, -0.2) is 4.79 Å². The number of likely N-dealkylation sites (tertiary alicyclic amines) is 1. The van der Waals surface area contributed by atoms with Crippen LogP contribution < -0.4 is 20.7 Å². The Bertz CT molecular complexity index is 1410. The van der Waals surface area contributed by atoms with Crippen LogP contribution in [0.3, 0.4) is 0 Å². The zero-order valence-electron chi connectivity index (χ0n) is 22.1. The van der Waals surface area contributed by atoms with Crippen LogP contribution in [0.15, 0.2) is 47.1 Å². The Balaban J connectivity index is 1.10. The second-order valence-corrected chi connectivity index (χ2v) is 10.5.